The van der Waals surface area contributed by atoms with Crippen LogP contribution in [0.4, 0.5) is 34.1 Å². The van der Waals surface area contributed by atoms with Crippen LogP contribution in [0, 0.1) is 40.5 Å². The fourth-order valence-corrected chi connectivity index (χ4v) is 2.18. The monoisotopic (exact) mass is 383 g/mol. The number of anilines is 2. The smallest absolute Gasteiger partial charge is 0.306 e. The maximum absolute atomic E-state index is 11.2. The van der Waals surface area contributed by atoms with Gasteiger partial charge in [-0.05, 0) is 12.1 Å². The Morgan fingerprint density at radius 3 is 1.65 bits per heavy atom. The van der Waals surface area contributed by atoms with Gasteiger partial charge in [-0.2, -0.15) is 0 Å². The molecule has 0 atom stereocenters. The molecule has 0 saturated carbocycles. The number of nitrogens with one attached hydrogen (secondary N) is 1. The van der Waals surface area contributed by atoms with Gasteiger partial charge in [0.05, 0.1) is 31.8 Å². The predicted octanol–water partition coefficient (Wildman–Crippen LogP) is 3.72. The Morgan fingerprint density at radius 1 is 0.731 bits per heavy atom. The number of halogens is 1. The molecule has 2 rings (SSSR count). The van der Waals surface area contributed by atoms with Gasteiger partial charge in [-0.15, -0.1) is 0 Å². The maximum Gasteiger partial charge on any atom is 0.306 e. The molecule has 13 nitrogen and oxygen atoms in total. The highest BCUT2D eigenvalue weighted by molar-refractivity contribution is 6.32. The summed E-state index contributed by atoms with van der Waals surface area (Å²) in [5.41, 5.74) is -4.05. The van der Waals surface area contributed by atoms with Gasteiger partial charge in [0.15, 0.2) is 5.69 Å². The van der Waals surface area contributed by atoms with E-state index in [1.54, 1.807) is 0 Å². The third kappa shape index (κ3) is 3.62. The summed E-state index contributed by atoms with van der Waals surface area (Å²) in [5, 5.41) is 46.2. The lowest BCUT2D eigenvalue weighted by atomic mass is 10.2. The lowest BCUT2D eigenvalue weighted by Gasteiger charge is -2.08. The van der Waals surface area contributed by atoms with Crippen LogP contribution in [0.5, 0.6) is 0 Å². The van der Waals surface area contributed by atoms with Gasteiger partial charge < -0.3 is 5.32 Å². The molecule has 0 spiro atoms. The highest BCUT2D eigenvalue weighted by Crippen LogP contribution is 2.40. The van der Waals surface area contributed by atoms with Crippen LogP contribution in [-0.4, -0.2) is 19.7 Å². The van der Waals surface area contributed by atoms with Crippen LogP contribution in [0.25, 0.3) is 0 Å². The van der Waals surface area contributed by atoms with Crippen LogP contribution >= 0.6 is 11.6 Å². The number of hydrogen-bond acceptors (Lipinski definition) is 9. The molecule has 0 aliphatic heterocycles. The molecule has 2 aromatic rings. The number of non-ortho nitro benzene ring substituents is 1. The minimum atomic E-state index is -1.05. The van der Waals surface area contributed by atoms with Gasteiger partial charge in [-0.1, -0.05) is 11.6 Å². The summed E-state index contributed by atoms with van der Waals surface area (Å²) in [7, 11) is 0. The molecule has 0 aliphatic rings. The Bertz CT molecular complexity index is 928. The summed E-state index contributed by atoms with van der Waals surface area (Å²) < 4.78 is 0. The molecule has 2 aromatic carbocycles. The third-order valence-corrected chi connectivity index (χ3v) is 3.42. The van der Waals surface area contributed by atoms with Crippen molar-refractivity contribution < 1.29 is 19.7 Å². The highest BCUT2D eigenvalue weighted by atomic mass is 35.5. The summed E-state index contributed by atoms with van der Waals surface area (Å²) in [5.74, 6) is 0. The molecule has 0 amide bonds. The van der Waals surface area contributed by atoms with Crippen molar-refractivity contribution in [3.05, 3.63) is 75.8 Å². The lowest BCUT2D eigenvalue weighted by Crippen LogP contribution is -2.04. The molecule has 1 N–H and O–H groups in total. The van der Waals surface area contributed by atoms with Gasteiger partial charge >= 0.3 is 11.4 Å². The highest BCUT2D eigenvalue weighted by Gasteiger charge is 2.31. The molecule has 0 radical (unpaired) electrons. The minimum absolute atomic E-state index is 0.110. The molecule has 134 valence electrons. The van der Waals surface area contributed by atoms with E-state index in [0.29, 0.717) is 12.1 Å². The molecule has 14 heteroatoms. The first-order chi connectivity index (χ1) is 12.1. The molecule has 0 aromatic heterocycles. The number of rotatable bonds is 6. The standard InChI is InChI=1S/C12H6ClN5O8/c13-8-2-1-6(3-9(8)16(21)22)14-12-10(17(23)24)4-7(15(19)20)5-11(12)18(25)26/h1-5,14H. The first-order valence-corrected chi connectivity index (χ1v) is 6.81. The van der Waals surface area contributed by atoms with Crippen LogP contribution in [0.3, 0.4) is 0 Å². The summed E-state index contributed by atoms with van der Waals surface area (Å²) in [4.78, 5) is 40.2. The Balaban J connectivity index is 2.67. The van der Waals surface area contributed by atoms with E-state index in [0.717, 1.165) is 12.1 Å². The maximum atomic E-state index is 11.2. The van der Waals surface area contributed by atoms with Crippen molar-refractivity contribution in [3.8, 4) is 0 Å². The Hall–Kier alpha value is -3.87. The van der Waals surface area contributed by atoms with E-state index in [1.807, 2.05) is 0 Å². The average Bonchev–Trinajstić information content (AvgIpc) is 2.55. The fourth-order valence-electron chi connectivity index (χ4n) is 1.99. The summed E-state index contributed by atoms with van der Waals surface area (Å²) >= 11 is 5.65. The summed E-state index contributed by atoms with van der Waals surface area (Å²) in [6.45, 7) is 0. The van der Waals surface area contributed by atoms with Crippen molar-refractivity contribution in [3.63, 3.8) is 0 Å². The van der Waals surface area contributed by atoms with Crippen molar-refractivity contribution >= 4 is 45.7 Å². The van der Waals surface area contributed by atoms with E-state index in [4.69, 9.17) is 11.6 Å². The van der Waals surface area contributed by atoms with Crippen LogP contribution in [0.15, 0.2) is 30.3 Å². The molecule has 0 saturated heterocycles. The lowest BCUT2D eigenvalue weighted by molar-refractivity contribution is -0.401. The van der Waals surface area contributed by atoms with Crippen LogP contribution in [0.1, 0.15) is 0 Å². The van der Waals surface area contributed by atoms with Crippen molar-refractivity contribution in [2.45, 2.75) is 0 Å². The first-order valence-electron chi connectivity index (χ1n) is 6.44. The molecule has 0 unspecified atom stereocenters. The quantitative estimate of drug-likeness (QED) is 0.572. The zero-order chi connectivity index (χ0) is 19.6. The van der Waals surface area contributed by atoms with E-state index in [9.17, 15) is 40.5 Å². The second-order valence-electron chi connectivity index (χ2n) is 4.68. The second-order valence-corrected chi connectivity index (χ2v) is 5.09. The number of hydrogen-bond donors (Lipinski definition) is 1. The molecule has 0 bridgehead atoms. The van der Waals surface area contributed by atoms with Crippen molar-refractivity contribution in [1.29, 1.82) is 0 Å². The van der Waals surface area contributed by atoms with Crippen molar-refractivity contribution in [2.24, 2.45) is 0 Å². The SMILES string of the molecule is O=[N+]([O-])c1cc([N+](=O)[O-])c(Nc2ccc(Cl)c([N+](=O)[O-])c2)c([N+](=O)[O-])c1. The third-order valence-electron chi connectivity index (χ3n) is 3.10. The Kier molecular flexibility index (Phi) is 4.93. The number of nitro benzene ring substituents is 4. The average molecular weight is 384 g/mol. The normalized spacial score (nSPS) is 10.2. The largest absolute Gasteiger partial charge is 0.344 e. The molecular formula is C12H6ClN5O8. The van der Waals surface area contributed by atoms with E-state index in [1.165, 1.54) is 6.07 Å². The zero-order valence-corrected chi connectivity index (χ0v) is 13.1. The number of nitrogens with zero attached hydrogens (tertiary/aromatic N) is 4. The van der Waals surface area contributed by atoms with Crippen LogP contribution in [0.2, 0.25) is 5.02 Å². The van der Waals surface area contributed by atoms with Crippen LogP contribution < -0.4 is 5.32 Å². The predicted molar refractivity (Wildman–Crippen MR) is 87.8 cm³/mol. The van der Waals surface area contributed by atoms with Crippen molar-refractivity contribution in [2.75, 3.05) is 5.32 Å². The van der Waals surface area contributed by atoms with Gasteiger partial charge in [0, 0.05) is 11.8 Å². The second kappa shape index (κ2) is 6.94. The van der Waals surface area contributed by atoms with E-state index >= 15 is 0 Å². The Labute approximate surface area is 147 Å². The van der Waals surface area contributed by atoms with Crippen LogP contribution in [-0.2, 0) is 0 Å². The van der Waals surface area contributed by atoms with Crippen molar-refractivity contribution in [1.82, 2.24) is 0 Å². The zero-order valence-electron chi connectivity index (χ0n) is 12.3. The minimum Gasteiger partial charge on any atom is -0.344 e. The first kappa shape index (κ1) is 18.5. The van der Waals surface area contributed by atoms with Gasteiger partial charge in [-0.3, -0.25) is 40.5 Å². The Morgan fingerprint density at radius 2 is 1.23 bits per heavy atom. The number of nitro groups is 4. The van der Waals surface area contributed by atoms with E-state index in [2.05, 4.69) is 5.32 Å². The summed E-state index contributed by atoms with van der Waals surface area (Å²) in [6, 6.07) is 4.31. The number of benzene rings is 2. The van der Waals surface area contributed by atoms with E-state index in [-0.39, 0.29) is 10.7 Å². The van der Waals surface area contributed by atoms with Gasteiger partial charge in [-0.25, -0.2) is 0 Å². The molecular weight excluding hydrogens is 378 g/mol. The summed E-state index contributed by atoms with van der Waals surface area (Å²) in [6.07, 6.45) is 0. The topological polar surface area (TPSA) is 185 Å². The molecule has 26 heavy (non-hydrogen) atoms. The molecule has 0 aliphatic carbocycles. The fraction of sp³-hybridized carbons (Fsp3) is 0. The molecule has 0 fully saturated rings. The van der Waals surface area contributed by atoms with Gasteiger partial charge in [0.25, 0.3) is 11.4 Å². The van der Waals surface area contributed by atoms with Gasteiger partial charge in [0.1, 0.15) is 5.02 Å². The molecule has 0 heterocycles. The van der Waals surface area contributed by atoms with E-state index < -0.39 is 48.1 Å². The van der Waals surface area contributed by atoms with Gasteiger partial charge in [0.2, 0.25) is 0 Å².